The first kappa shape index (κ1) is 14.9. The summed E-state index contributed by atoms with van der Waals surface area (Å²) in [4.78, 5) is 0. The third-order valence-electron chi connectivity index (χ3n) is 3.11. The quantitative estimate of drug-likeness (QED) is 0.698. The summed E-state index contributed by atoms with van der Waals surface area (Å²) in [5.74, 6) is 1.21. The lowest BCUT2D eigenvalue weighted by atomic mass is 9.96. The van der Waals surface area contributed by atoms with Crippen LogP contribution in [-0.2, 0) is 9.84 Å². The molecule has 2 unspecified atom stereocenters. The molecule has 0 rings (SSSR count). The average Bonchev–Trinajstić information content (AvgIpc) is 2.23. The zero-order valence-corrected chi connectivity index (χ0v) is 11.2. The van der Waals surface area contributed by atoms with Crippen LogP contribution in [0.25, 0.3) is 0 Å². The maximum Gasteiger partial charge on any atom is 0.150 e. The Morgan fingerprint density at radius 1 is 1.27 bits per heavy atom. The van der Waals surface area contributed by atoms with Gasteiger partial charge in [0.15, 0.2) is 0 Å². The summed E-state index contributed by atoms with van der Waals surface area (Å²) in [6.45, 7) is 6.08. The van der Waals surface area contributed by atoms with E-state index in [-0.39, 0.29) is 5.75 Å². The molecule has 0 saturated carbocycles. The van der Waals surface area contributed by atoms with Gasteiger partial charge in [-0.25, -0.2) is 8.42 Å². The number of sulfone groups is 1. The summed E-state index contributed by atoms with van der Waals surface area (Å²) >= 11 is 0. The molecule has 0 aliphatic rings. The van der Waals surface area contributed by atoms with Crippen LogP contribution in [0.4, 0.5) is 0 Å². The Hall–Kier alpha value is -0.0900. The molecule has 3 nitrogen and oxygen atoms in total. The lowest BCUT2D eigenvalue weighted by Gasteiger charge is -2.22. The molecule has 0 saturated heterocycles. The lowest BCUT2D eigenvalue weighted by Crippen LogP contribution is -2.32. The molecule has 1 N–H and O–H groups in total. The number of nitrogens with one attached hydrogen (secondary N) is 1. The van der Waals surface area contributed by atoms with E-state index in [0.29, 0.717) is 17.7 Å². The highest BCUT2D eigenvalue weighted by Gasteiger charge is 2.15. The molecule has 4 heteroatoms. The molecule has 0 aromatic heterocycles. The molecule has 0 aromatic carbocycles. The van der Waals surface area contributed by atoms with Crippen molar-refractivity contribution in [2.24, 2.45) is 5.92 Å². The van der Waals surface area contributed by atoms with E-state index in [1.807, 2.05) is 7.05 Å². The van der Waals surface area contributed by atoms with Gasteiger partial charge in [0.25, 0.3) is 0 Å². The normalized spacial score (nSPS) is 16.3. The average molecular weight is 235 g/mol. The molecule has 2 atom stereocenters. The maximum atomic E-state index is 11.3. The van der Waals surface area contributed by atoms with E-state index in [2.05, 4.69) is 19.2 Å². The van der Waals surface area contributed by atoms with E-state index in [1.54, 1.807) is 6.92 Å². The van der Waals surface area contributed by atoms with Crippen LogP contribution in [0.1, 0.15) is 40.0 Å². The van der Waals surface area contributed by atoms with Crippen molar-refractivity contribution in [3.05, 3.63) is 0 Å². The second-order valence-corrected chi connectivity index (χ2v) is 6.63. The van der Waals surface area contributed by atoms with Gasteiger partial charge in [0, 0.05) is 11.8 Å². The van der Waals surface area contributed by atoms with Crippen molar-refractivity contribution in [1.29, 1.82) is 0 Å². The smallest absolute Gasteiger partial charge is 0.150 e. The molecule has 0 aromatic rings. The van der Waals surface area contributed by atoms with Crippen LogP contribution < -0.4 is 5.32 Å². The molecular weight excluding hydrogens is 210 g/mol. The Balaban J connectivity index is 3.93. The fourth-order valence-electron chi connectivity index (χ4n) is 1.67. The highest BCUT2D eigenvalue weighted by Crippen LogP contribution is 2.13. The van der Waals surface area contributed by atoms with E-state index >= 15 is 0 Å². The van der Waals surface area contributed by atoms with Crippen LogP contribution in [0.3, 0.4) is 0 Å². The van der Waals surface area contributed by atoms with Crippen molar-refractivity contribution >= 4 is 9.84 Å². The predicted octanol–water partition coefficient (Wildman–Crippen LogP) is 1.84. The summed E-state index contributed by atoms with van der Waals surface area (Å²) in [7, 11) is -0.834. The molecule has 0 heterocycles. The minimum Gasteiger partial charge on any atom is -0.317 e. The summed E-state index contributed by atoms with van der Waals surface area (Å²) < 4.78 is 22.6. The minimum absolute atomic E-state index is 0.264. The minimum atomic E-state index is -2.78. The van der Waals surface area contributed by atoms with Gasteiger partial charge in [0.2, 0.25) is 0 Å². The van der Waals surface area contributed by atoms with Gasteiger partial charge in [-0.2, -0.15) is 0 Å². The Morgan fingerprint density at radius 3 is 2.27 bits per heavy atom. The van der Waals surface area contributed by atoms with Crippen LogP contribution in [0, 0.1) is 5.92 Å². The molecule has 0 amide bonds. The SMILES string of the molecule is CCC(C)C(CCCS(=O)(=O)CC)NC. The number of hydrogen-bond acceptors (Lipinski definition) is 3. The van der Waals surface area contributed by atoms with E-state index in [4.69, 9.17) is 0 Å². The monoisotopic (exact) mass is 235 g/mol. The number of hydrogen-bond donors (Lipinski definition) is 1. The Labute approximate surface area is 94.6 Å². The van der Waals surface area contributed by atoms with Crippen LogP contribution in [-0.4, -0.2) is 33.0 Å². The standard InChI is InChI=1S/C11H25NO2S/c1-5-10(3)11(12-4)8-7-9-15(13,14)6-2/h10-12H,5-9H2,1-4H3. The van der Waals surface area contributed by atoms with Gasteiger partial charge in [0.1, 0.15) is 9.84 Å². The molecule has 0 aliphatic heterocycles. The summed E-state index contributed by atoms with van der Waals surface area (Å²) in [5.41, 5.74) is 0. The topological polar surface area (TPSA) is 46.2 Å². The fourth-order valence-corrected chi connectivity index (χ4v) is 2.56. The van der Waals surface area contributed by atoms with E-state index in [0.717, 1.165) is 19.3 Å². The summed E-state index contributed by atoms with van der Waals surface area (Å²) in [6, 6.07) is 0.446. The zero-order chi connectivity index (χ0) is 11.9. The second-order valence-electron chi connectivity index (χ2n) is 4.16. The first-order chi connectivity index (χ1) is 6.96. The maximum absolute atomic E-state index is 11.3. The largest absolute Gasteiger partial charge is 0.317 e. The van der Waals surface area contributed by atoms with E-state index < -0.39 is 9.84 Å². The highest BCUT2D eigenvalue weighted by molar-refractivity contribution is 7.91. The van der Waals surface area contributed by atoms with Crippen LogP contribution in [0.5, 0.6) is 0 Å². The van der Waals surface area contributed by atoms with Gasteiger partial charge >= 0.3 is 0 Å². The molecule has 0 fully saturated rings. The van der Waals surface area contributed by atoms with E-state index in [9.17, 15) is 8.42 Å². The zero-order valence-electron chi connectivity index (χ0n) is 10.4. The van der Waals surface area contributed by atoms with Crippen molar-refractivity contribution in [3.8, 4) is 0 Å². The fraction of sp³-hybridized carbons (Fsp3) is 1.00. The van der Waals surface area contributed by atoms with Crippen LogP contribution in [0.2, 0.25) is 0 Å². The Morgan fingerprint density at radius 2 is 1.87 bits per heavy atom. The Kier molecular flexibility index (Phi) is 7.18. The van der Waals surface area contributed by atoms with Crippen molar-refractivity contribution in [2.75, 3.05) is 18.6 Å². The first-order valence-electron chi connectivity index (χ1n) is 5.84. The molecule has 92 valence electrons. The van der Waals surface area contributed by atoms with Gasteiger partial charge in [0.05, 0.1) is 5.75 Å². The van der Waals surface area contributed by atoms with Gasteiger partial charge in [-0.3, -0.25) is 0 Å². The molecule has 0 spiro atoms. The van der Waals surface area contributed by atoms with Crippen LogP contribution >= 0.6 is 0 Å². The molecule has 0 aliphatic carbocycles. The highest BCUT2D eigenvalue weighted by atomic mass is 32.2. The third kappa shape index (κ3) is 6.15. The Bertz CT molecular complexity index is 249. The van der Waals surface area contributed by atoms with Gasteiger partial charge in [-0.1, -0.05) is 27.2 Å². The van der Waals surface area contributed by atoms with Gasteiger partial charge in [-0.15, -0.1) is 0 Å². The summed E-state index contributed by atoms with van der Waals surface area (Å²) in [6.07, 6.45) is 2.85. The van der Waals surface area contributed by atoms with Gasteiger partial charge in [-0.05, 0) is 25.8 Å². The second kappa shape index (κ2) is 7.23. The lowest BCUT2D eigenvalue weighted by molar-refractivity contribution is 0.366. The van der Waals surface area contributed by atoms with Crippen LogP contribution in [0.15, 0.2) is 0 Å². The van der Waals surface area contributed by atoms with Crippen molar-refractivity contribution in [1.82, 2.24) is 5.32 Å². The van der Waals surface area contributed by atoms with Gasteiger partial charge < -0.3 is 5.32 Å². The van der Waals surface area contributed by atoms with E-state index in [1.165, 1.54) is 0 Å². The van der Waals surface area contributed by atoms with Crippen molar-refractivity contribution < 1.29 is 8.42 Å². The number of rotatable bonds is 8. The third-order valence-corrected chi connectivity index (χ3v) is 4.90. The molecular formula is C11H25NO2S. The molecule has 15 heavy (non-hydrogen) atoms. The predicted molar refractivity (Wildman–Crippen MR) is 65.9 cm³/mol. The van der Waals surface area contributed by atoms with Crippen molar-refractivity contribution in [3.63, 3.8) is 0 Å². The molecule has 0 bridgehead atoms. The summed E-state index contributed by atoms with van der Waals surface area (Å²) in [5, 5.41) is 3.26. The van der Waals surface area contributed by atoms with Crippen molar-refractivity contribution in [2.45, 2.75) is 46.1 Å². The first-order valence-corrected chi connectivity index (χ1v) is 7.66. The molecule has 0 radical (unpaired) electrons.